The van der Waals surface area contributed by atoms with Crippen molar-refractivity contribution in [1.82, 2.24) is 0 Å². The zero-order valence-corrected chi connectivity index (χ0v) is 15.3. The van der Waals surface area contributed by atoms with E-state index in [0.29, 0.717) is 17.4 Å². The number of carboxylic acid groups (broad SMARTS) is 1. The third-order valence-corrected chi connectivity index (χ3v) is 7.06. The molecule has 26 heavy (non-hydrogen) atoms. The van der Waals surface area contributed by atoms with Gasteiger partial charge in [-0.15, -0.1) is 0 Å². The van der Waals surface area contributed by atoms with Crippen LogP contribution in [0.5, 0.6) is 0 Å². The van der Waals surface area contributed by atoms with Crippen molar-refractivity contribution in [2.24, 2.45) is 17.8 Å². The molecule has 0 radical (unpaired) electrons. The van der Waals surface area contributed by atoms with Crippen molar-refractivity contribution in [1.29, 1.82) is 0 Å². The molecule has 134 valence electrons. The van der Waals surface area contributed by atoms with Crippen LogP contribution in [0.2, 0.25) is 0 Å². The Morgan fingerprint density at radius 3 is 2.54 bits per heavy atom. The fourth-order valence-corrected chi connectivity index (χ4v) is 6.19. The van der Waals surface area contributed by atoms with E-state index in [9.17, 15) is 9.90 Å². The lowest BCUT2D eigenvalue weighted by molar-refractivity contribution is 0.0697. The van der Waals surface area contributed by atoms with Gasteiger partial charge in [0, 0.05) is 5.69 Å². The molecule has 0 saturated heterocycles. The Morgan fingerprint density at radius 1 is 1.08 bits per heavy atom. The van der Waals surface area contributed by atoms with Gasteiger partial charge in [-0.05, 0) is 97.2 Å². The Morgan fingerprint density at radius 2 is 1.81 bits per heavy atom. The van der Waals surface area contributed by atoms with Crippen molar-refractivity contribution in [2.45, 2.75) is 45.1 Å². The molecular formula is C23H25NO2. The lowest BCUT2D eigenvalue weighted by atomic mass is 9.67. The Kier molecular flexibility index (Phi) is 3.43. The van der Waals surface area contributed by atoms with Crippen LogP contribution in [0.25, 0.3) is 0 Å². The number of aryl methyl sites for hydroxylation is 2. The quantitative estimate of drug-likeness (QED) is 0.775. The lowest BCUT2D eigenvalue weighted by Crippen LogP contribution is -2.36. The molecule has 3 nitrogen and oxygen atoms in total. The third kappa shape index (κ3) is 2.22. The fraction of sp³-hybridized carbons (Fsp3) is 0.435. The van der Waals surface area contributed by atoms with Gasteiger partial charge in [-0.3, -0.25) is 0 Å². The highest BCUT2D eigenvalue weighted by Crippen LogP contribution is 2.64. The van der Waals surface area contributed by atoms with Crippen molar-refractivity contribution in [3.8, 4) is 0 Å². The molecule has 0 spiro atoms. The molecule has 2 aromatic carbocycles. The molecule has 2 N–H and O–H groups in total. The van der Waals surface area contributed by atoms with Crippen LogP contribution < -0.4 is 5.32 Å². The molecule has 2 saturated carbocycles. The number of anilines is 1. The maximum absolute atomic E-state index is 11.2. The van der Waals surface area contributed by atoms with Crippen LogP contribution in [0.1, 0.15) is 63.8 Å². The van der Waals surface area contributed by atoms with Gasteiger partial charge in [0.05, 0.1) is 11.6 Å². The van der Waals surface area contributed by atoms with E-state index in [1.807, 2.05) is 12.1 Å². The van der Waals surface area contributed by atoms with Crippen LogP contribution in [0.15, 0.2) is 36.4 Å². The average Bonchev–Trinajstić information content (AvgIpc) is 3.22. The summed E-state index contributed by atoms with van der Waals surface area (Å²) < 4.78 is 0. The molecule has 2 aromatic rings. The Labute approximate surface area is 154 Å². The molecule has 0 unspecified atom stereocenters. The summed E-state index contributed by atoms with van der Waals surface area (Å²) in [6.07, 6.45) is 4.06. The van der Waals surface area contributed by atoms with Gasteiger partial charge in [-0.2, -0.15) is 0 Å². The van der Waals surface area contributed by atoms with E-state index in [2.05, 4.69) is 31.3 Å². The first kappa shape index (κ1) is 15.9. The van der Waals surface area contributed by atoms with E-state index < -0.39 is 5.97 Å². The zero-order valence-electron chi connectivity index (χ0n) is 15.3. The number of carboxylic acids is 1. The van der Waals surface area contributed by atoms with E-state index >= 15 is 0 Å². The summed E-state index contributed by atoms with van der Waals surface area (Å²) in [4.78, 5) is 11.2. The van der Waals surface area contributed by atoms with Crippen LogP contribution in [0.3, 0.4) is 0 Å². The summed E-state index contributed by atoms with van der Waals surface area (Å²) in [5, 5.41) is 13.1. The standard InChI is InChI=1S/C23H25NO2/c1-12-9-13(2)19-18(10-12)24-22(14-3-5-15(6-4-14)23(25)26)21-17-8-7-16(11-17)20(19)21/h3-6,9-10,16-17,20-22,24H,7-8,11H2,1-2H3,(H,25,26)/t16-,17-,20+,21+,22+/m0/s1. The Hall–Kier alpha value is -2.29. The summed E-state index contributed by atoms with van der Waals surface area (Å²) in [6, 6.07) is 12.4. The maximum atomic E-state index is 11.2. The molecule has 1 heterocycles. The predicted molar refractivity (Wildman–Crippen MR) is 103 cm³/mol. The summed E-state index contributed by atoms with van der Waals surface area (Å²) in [7, 11) is 0. The normalized spacial score (nSPS) is 31.2. The van der Waals surface area contributed by atoms with Crippen molar-refractivity contribution in [3.63, 3.8) is 0 Å². The third-order valence-electron chi connectivity index (χ3n) is 7.06. The molecule has 5 rings (SSSR count). The first-order valence-electron chi connectivity index (χ1n) is 9.74. The second-order valence-corrected chi connectivity index (χ2v) is 8.53. The van der Waals surface area contributed by atoms with E-state index in [0.717, 1.165) is 11.8 Å². The van der Waals surface area contributed by atoms with Gasteiger partial charge in [0.1, 0.15) is 0 Å². The van der Waals surface area contributed by atoms with Gasteiger partial charge in [-0.25, -0.2) is 4.79 Å². The van der Waals surface area contributed by atoms with Crippen molar-refractivity contribution in [2.75, 3.05) is 5.32 Å². The van der Waals surface area contributed by atoms with Crippen LogP contribution in [0, 0.1) is 31.6 Å². The molecule has 3 heteroatoms. The molecule has 2 aliphatic carbocycles. The molecular weight excluding hydrogens is 322 g/mol. The van der Waals surface area contributed by atoms with Gasteiger partial charge in [0.15, 0.2) is 0 Å². The van der Waals surface area contributed by atoms with Crippen LogP contribution >= 0.6 is 0 Å². The summed E-state index contributed by atoms with van der Waals surface area (Å²) in [6.45, 7) is 4.43. The number of benzene rings is 2. The molecule has 0 amide bonds. The highest BCUT2D eigenvalue weighted by Gasteiger charge is 2.54. The zero-order chi connectivity index (χ0) is 18.0. The Bertz CT molecular complexity index is 886. The molecule has 1 aliphatic heterocycles. The van der Waals surface area contributed by atoms with Gasteiger partial charge in [0.2, 0.25) is 0 Å². The molecule has 5 atom stereocenters. The smallest absolute Gasteiger partial charge is 0.335 e. The number of nitrogens with one attached hydrogen (secondary N) is 1. The van der Waals surface area contributed by atoms with Crippen molar-refractivity contribution < 1.29 is 9.90 Å². The van der Waals surface area contributed by atoms with Crippen LogP contribution in [-0.4, -0.2) is 11.1 Å². The van der Waals surface area contributed by atoms with E-state index in [1.165, 1.54) is 41.6 Å². The number of aromatic carboxylic acids is 1. The van der Waals surface area contributed by atoms with Crippen LogP contribution in [-0.2, 0) is 0 Å². The van der Waals surface area contributed by atoms with Gasteiger partial charge in [0.25, 0.3) is 0 Å². The molecule has 3 aliphatic rings. The van der Waals surface area contributed by atoms with E-state index in [-0.39, 0.29) is 6.04 Å². The summed E-state index contributed by atoms with van der Waals surface area (Å²) in [5.74, 6) is 2.01. The van der Waals surface area contributed by atoms with E-state index in [4.69, 9.17) is 0 Å². The van der Waals surface area contributed by atoms with Gasteiger partial charge >= 0.3 is 5.97 Å². The highest BCUT2D eigenvalue weighted by atomic mass is 16.4. The second-order valence-electron chi connectivity index (χ2n) is 8.53. The number of hydrogen-bond acceptors (Lipinski definition) is 2. The molecule has 2 fully saturated rings. The van der Waals surface area contributed by atoms with Crippen molar-refractivity contribution in [3.05, 3.63) is 64.2 Å². The number of carbonyl (C=O) groups is 1. The maximum Gasteiger partial charge on any atom is 0.335 e. The summed E-state index contributed by atoms with van der Waals surface area (Å²) >= 11 is 0. The lowest BCUT2D eigenvalue weighted by Gasteiger charge is -2.44. The average molecular weight is 347 g/mol. The predicted octanol–water partition coefficient (Wildman–Crippen LogP) is 5.30. The Balaban J connectivity index is 1.61. The number of fused-ring (bicyclic) bond motifs is 7. The minimum atomic E-state index is -0.859. The second kappa shape index (κ2) is 5.60. The topological polar surface area (TPSA) is 49.3 Å². The number of hydrogen-bond donors (Lipinski definition) is 2. The monoisotopic (exact) mass is 347 g/mol. The first-order chi connectivity index (χ1) is 12.5. The summed E-state index contributed by atoms with van der Waals surface area (Å²) in [5.41, 5.74) is 7.16. The van der Waals surface area contributed by atoms with Gasteiger partial charge < -0.3 is 10.4 Å². The fourth-order valence-electron chi connectivity index (χ4n) is 6.19. The highest BCUT2D eigenvalue weighted by molar-refractivity contribution is 5.87. The SMILES string of the molecule is Cc1cc(C)c2c(c1)N[C@H](c1ccc(C(=O)O)cc1)[C@@H]1[C@H]3CC[C@@H](C3)[C@H]21. The minimum Gasteiger partial charge on any atom is -0.478 e. The minimum absolute atomic E-state index is 0.284. The van der Waals surface area contributed by atoms with Gasteiger partial charge in [-0.1, -0.05) is 18.2 Å². The van der Waals surface area contributed by atoms with E-state index in [1.54, 1.807) is 17.7 Å². The molecule has 2 bridgehead atoms. The van der Waals surface area contributed by atoms with Crippen LogP contribution in [0.4, 0.5) is 5.69 Å². The van der Waals surface area contributed by atoms with Crippen molar-refractivity contribution >= 4 is 11.7 Å². The molecule has 0 aromatic heterocycles. The largest absolute Gasteiger partial charge is 0.478 e. The first-order valence-corrected chi connectivity index (χ1v) is 9.74. The number of rotatable bonds is 2.